The molecule has 0 aliphatic rings. The number of carbonyl (C=O) groups excluding carboxylic acids is 1. The number of hydrogen-bond acceptors (Lipinski definition) is 4. The number of aromatic nitrogens is 2. The number of nitrogens with zero attached hydrogens (tertiary/aromatic N) is 2. The molecule has 2 rings (SSSR count). The maximum atomic E-state index is 13.3. The van der Waals surface area contributed by atoms with E-state index in [1.807, 2.05) is 20.8 Å². The molecular formula is C14H13FN2OS. The van der Waals surface area contributed by atoms with E-state index >= 15 is 0 Å². The first-order valence-corrected chi connectivity index (χ1v) is 6.56. The molecule has 1 aromatic carbocycles. The smallest absolute Gasteiger partial charge is 0.192 e. The summed E-state index contributed by atoms with van der Waals surface area (Å²) in [5.74, 6) is -0.437. The second-order valence-corrected chi connectivity index (χ2v) is 5.28. The molecule has 0 atom stereocenters. The molecular weight excluding hydrogens is 263 g/mol. The van der Waals surface area contributed by atoms with Crippen molar-refractivity contribution in [3.05, 3.63) is 46.5 Å². The van der Waals surface area contributed by atoms with Crippen LogP contribution in [-0.2, 0) is 0 Å². The minimum atomic E-state index is -0.437. The van der Waals surface area contributed by atoms with E-state index in [0.717, 1.165) is 17.0 Å². The first-order chi connectivity index (χ1) is 8.99. The Kier molecular flexibility index (Phi) is 3.95. The number of rotatable bonds is 3. The molecule has 1 heterocycles. The molecule has 0 amide bonds. The van der Waals surface area contributed by atoms with Crippen LogP contribution < -0.4 is 0 Å². The Balaban J connectivity index is 2.36. The lowest BCUT2D eigenvalue weighted by molar-refractivity contribution is 0.112. The van der Waals surface area contributed by atoms with Crippen molar-refractivity contribution >= 4 is 18.0 Å². The predicted molar refractivity (Wildman–Crippen MR) is 72.2 cm³/mol. The predicted octanol–water partition coefficient (Wildman–Crippen LogP) is 3.50. The number of hydrogen-bond donors (Lipinski definition) is 0. The lowest BCUT2D eigenvalue weighted by atomic mass is 10.2. The second-order valence-electron chi connectivity index (χ2n) is 4.24. The van der Waals surface area contributed by atoms with E-state index in [9.17, 15) is 9.18 Å². The first-order valence-electron chi connectivity index (χ1n) is 5.75. The molecule has 0 saturated carbocycles. The Bertz CT molecular complexity index is 620. The number of aldehydes is 1. The minimum absolute atomic E-state index is 0.308. The van der Waals surface area contributed by atoms with E-state index in [0.29, 0.717) is 21.9 Å². The van der Waals surface area contributed by atoms with Gasteiger partial charge in [0.2, 0.25) is 0 Å². The Hall–Kier alpha value is -1.75. The van der Waals surface area contributed by atoms with Gasteiger partial charge in [0, 0.05) is 21.8 Å². The molecule has 0 fully saturated rings. The third kappa shape index (κ3) is 3.17. The summed E-state index contributed by atoms with van der Waals surface area (Å²) >= 11 is 1.25. The number of carbonyl (C=O) groups is 1. The van der Waals surface area contributed by atoms with E-state index < -0.39 is 5.82 Å². The fraction of sp³-hybridized carbons (Fsp3) is 0.214. The lowest BCUT2D eigenvalue weighted by Crippen LogP contribution is -1.98. The number of benzene rings is 1. The Morgan fingerprint density at radius 2 is 1.74 bits per heavy atom. The van der Waals surface area contributed by atoms with Gasteiger partial charge in [-0.1, -0.05) is 0 Å². The van der Waals surface area contributed by atoms with Gasteiger partial charge >= 0.3 is 0 Å². The molecule has 0 unspecified atom stereocenters. The third-order valence-electron chi connectivity index (χ3n) is 2.85. The van der Waals surface area contributed by atoms with Crippen molar-refractivity contribution in [2.75, 3.05) is 0 Å². The van der Waals surface area contributed by atoms with E-state index in [-0.39, 0.29) is 0 Å². The molecule has 0 aliphatic carbocycles. The molecule has 3 nitrogen and oxygen atoms in total. The van der Waals surface area contributed by atoms with E-state index in [1.165, 1.54) is 23.9 Å². The van der Waals surface area contributed by atoms with Gasteiger partial charge in [-0.15, -0.1) is 0 Å². The second kappa shape index (κ2) is 5.48. The molecule has 0 bridgehead atoms. The van der Waals surface area contributed by atoms with E-state index in [1.54, 1.807) is 6.07 Å². The zero-order chi connectivity index (χ0) is 14.0. The van der Waals surface area contributed by atoms with Crippen LogP contribution in [0, 0.1) is 26.6 Å². The highest BCUT2D eigenvalue weighted by molar-refractivity contribution is 7.99. The average molecular weight is 276 g/mol. The Morgan fingerprint density at radius 1 is 1.11 bits per heavy atom. The van der Waals surface area contributed by atoms with Gasteiger partial charge in [0.25, 0.3) is 0 Å². The third-order valence-corrected chi connectivity index (χ3v) is 3.69. The van der Waals surface area contributed by atoms with Crippen molar-refractivity contribution in [2.24, 2.45) is 0 Å². The van der Waals surface area contributed by atoms with E-state index in [4.69, 9.17) is 0 Å². The molecule has 2 aromatic rings. The molecule has 98 valence electrons. The summed E-state index contributed by atoms with van der Waals surface area (Å²) in [6, 6.07) is 4.18. The van der Waals surface area contributed by atoms with Crippen LogP contribution in [0.1, 0.15) is 27.3 Å². The molecule has 0 spiro atoms. The standard InChI is InChI=1S/C14H13FN2OS/c1-8-9(2)16-14(17-10(8)3)19-13-5-11(7-18)4-12(15)6-13/h4-7H,1-3H3. The molecule has 0 aliphatic heterocycles. The molecule has 19 heavy (non-hydrogen) atoms. The summed E-state index contributed by atoms with van der Waals surface area (Å²) in [5.41, 5.74) is 3.17. The van der Waals surface area contributed by atoms with Crippen LogP contribution in [0.3, 0.4) is 0 Å². The summed E-state index contributed by atoms with van der Waals surface area (Å²) in [6.07, 6.45) is 0.625. The van der Waals surface area contributed by atoms with Gasteiger partial charge in [0.15, 0.2) is 5.16 Å². The monoisotopic (exact) mass is 276 g/mol. The zero-order valence-corrected chi connectivity index (χ0v) is 11.7. The van der Waals surface area contributed by atoms with Crippen LogP contribution in [-0.4, -0.2) is 16.3 Å². The largest absolute Gasteiger partial charge is 0.298 e. The highest BCUT2D eigenvalue weighted by atomic mass is 32.2. The maximum absolute atomic E-state index is 13.3. The number of halogens is 1. The fourth-order valence-corrected chi connectivity index (χ4v) is 2.55. The van der Waals surface area contributed by atoms with E-state index in [2.05, 4.69) is 9.97 Å². The van der Waals surface area contributed by atoms with Crippen LogP contribution >= 0.6 is 11.8 Å². The topological polar surface area (TPSA) is 42.9 Å². The first kappa shape index (κ1) is 13.7. The van der Waals surface area contributed by atoms with Crippen molar-refractivity contribution in [3.63, 3.8) is 0 Å². The van der Waals surface area contributed by atoms with Crippen LogP contribution in [0.5, 0.6) is 0 Å². The van der Waals surface area contributed by atoms with Gasteiger partial charge in [0.05, 0.1) is 0 Å². The normalized spacial score (nSPS) is 10.5. The maximum Gasteiger partial charge on any atom is 0.192 e. The van der Waals surface area contributed by atoms with Crippen molar-refractivity contribution < 1.29 is 9.18 Å². The van der Waals surface area contributed by atoms with Gasteiger partial charge in [-0.2, -0.15) is 0 Å². The highest BCUT2D eigenvalue weighted by Crippen LogP contribution is 2.27. The molecule has 0 N–H and O–H groups in total. The van der Waals surface area contributed by atoms with Crippen LogP contribution in [0.25, 0.3) is 0 Å². The molecule has 1 aromatic heterocycles. The Labute approximate surface area is 115 Å². The minimum Gasteiger partial charge on any atom is -0.298 e. The van der Waals surface area contributed by atoms with Crippen molar-refractivity contribution in [2.45, 2.75) is 30.8 Å². The average Bonchev–Trinajstić information content (AvgIpc) is 2.35. The summed E-state index contributed by atoms with van der Waals surface area (Å²) in [6.45, 7) is 5.79. The summed E-state index contributed by atoms with van der Waals surface area (Å²) < 4.78 is 13.3. The highest BCUT2D eigenvalue weighted by Gasteiger charge is 2.08. The summed E-state index contributed by atoms with van der Waals surface area (Å²) in [5, 5.41) is 0.558. The zero-order valence-electron chi connectivity index (χ0n) is 10.9. The van der Waals surface area contributed by atoms with Crippen molar-refractivity contribution in [1.82, 2.24) is 9.97 Å². The van der Waals surface area contributed by atoms with Crippen LogP contribution in [0.4, 0.5) is 4.39 Å². The van der Waals surface area contributed by atoms with Gasteiger partial charge in [-0.05, 0) is 56.3 Å². The lowest BCUT2D eigenvalue weighted by Gasteiger charge is -2.07. The van der Waals surface area contributed by atoms with Gasteiger partial charge in [-0.3, -0.25) is 4.79 Å². The molecule has 0 saturated heterocycles. The van der Waals surface area contributed by atoms with Crippen molar-refractivity contribution in [1.29, 1.82) is 0 Å². The van der Waals surface area contributed by atoms with Crippen LogP contribution in [0.2, 0.25) is 0 Å². The summed E-state index contributed by atoms with van der Waals surface area (Å²) in [4.78, 5) is 20.0. The molecule has 5 heteroatoms. The quantitative estimate of drug-likeness (QED) is 0.635. The van der Waals surface area contributed by atoms with Gasteiger partial charge in [-0.25, -0.2) is 14.4 Å². The van der Waals surface area contributed by atoms with Gasteiger partial charge in [0.1, 0.15) is 12.1 Å². The fourth-order valence-electron chi connectivity index (χ4n) is 1.60. The molecule has 0 radical (unpaired) electrons. The van der Waals surface area contributed by atoms with Gasteiger partial charge < -0.3 is 0 Å². The summed E-state index contributed by atoms with van der Waals surface area (Å²) in [7, 11) is 0. The number of aryl methyl sites for hydroxylation is 2. The van der Waals surface area contributed by atoms with Crippen LogP contribution in [0.15, 0.2) is 28.3 Å². The SMILES string of the molecule is Cc1nc(Sc2cc(F)cc(C=O)c2)nc(C)c1C. The Morgan fingerprint density at radius 3 is 2.32 bits per heavy atom. The van der Waals surface area contributed by atoms with Crippen molar-refractivity contribution in [3.8, 4) is 0 Å².